The second-order valence-corrected chi connectivity index (χ2v) is 10.6. The summed E-state index contributed by atoms with van der Waals surface area (Å²) in [6.07, 6.45) is 0. The van der Waals surface area contributed by atoms with Crippen LogP contribution in [0.5, 0.6) is 0 Å². The van der Waals surface area contributed by atoms with Gasteiger partial charge in [-0.1, -0.05) is 90.5 Å². The summed E-state index contributed by atoms with van der Waals surface area (Å²) in [5, 5.41) is 0. The van der Waals surface area contributed by atoms with E-state index in [-0.39, 0.29) is 17.3 Å². The number of fused-ring (bicyclic) bond motifs is 1. The Kier molecular flexibility index (Phi) is 6.86. The summed E-state index contributed by atoms with van der Waals surface area (Å²) in [6.45, 7) is 5.73. The molecule has 3 heterocycles. The fourth-order valence-corrected chi connectivity index (χ4v) is 5.77. The molecule has 0 radical (unpaired) electrons. The zero-order valence-corrected chi connectivity index (χ0v) is 23.2. The highest BCUT2D eigenvalue weighted by Crippen LogP contribution is 2.31. The van der Waals surface area contributed by atoms with Crippen molar-refractivity contribution >= 4 is 17.1 Å². The summed E-state index contributed by atoms with van der Waals surface area (Å²) in [5.41, 5.74) is 4.98. The molecule has 8 heteroatoms. The molecule has 1 fully saturated rings. The Morgan fingerprint density at radius 1 is 0.750 bits per heavy atom. The predicted octanol–water partition coefficient (Wildman–Crippen LogP) is 3.70. The average Bonchev–Trinajstić information content (AvgIpc) is 3.37. The molecular formula is C32H34N6O2. The van der Waals surface area contributed by atoms with E-state index in [1.54, 1.807) is 7.05 Å². The van der Waals surface area contributed by atoms with Crippen LogP contribution in [0.2, 0.25) is 0 Å². The van der Waals surface area contributed by atoms with Gasteiger partial charge < -0.3 is 4.90 Å². The highest BCUT2D eigenvalue weighted by Gasteiger charge is 2.29. The van der Waals surface area contributed by atoms with Crippen LogP contribution < -0.4 is 16.1 Å². The first-order valence-corrected chi connectivity index (χ1v) is 13.7. The summed E-state index contributed by atoms with van der Waals surface area (Å²) in [5.74, 6) is 0.726. The van der Waals surface area contributed by atoms with Gasteiger partial charge >= 0.3 is 5.69 Å². The molecule has 0 bridgehead atoms. The number of nitrogens with zero attached hydrogens (tertiary/aromatic N) is 6. The molecule has 40 heavy (non-hydrogen) atoms. The average molecular weight is 535 g/mol. The topological polar surface area (TPSA) is 68.3 Å². The number of aryl methyl sites for hydroxylation is 2. The van der Waals surface area contributed by atoms with Crippen LogP contribution in [0.25, 0.3) is 11.2 Å². The van der Waals surface area contributed by atoms with Crippen LogP contribution >= 0.6 is 0 Å². The number of rotatable bonds is 6. The molecule has 3 aromatic carbocycles. The lowest BCUT2D eigenvalue weighted by molar-refractivity contribution is 0.211. The third-order valence-corrected chi connectivity index (χ3v) is 7.98. The minimum atomic E-state index is -0.373. The second kappa shape index (κ2) is 10.6. The van der Waals surface area contributed by atoms with E-state index in [9.17, 15) is 9.59 Å². The molecule has 0 saturated carbocycles. The van der Waals surface area contributed by atoms with Gasteiger partial charge in [-0.2, -0.15) is 4.98 Å². The molecule has 1 aliphatic heterocycles. The molecule has 6 rings (SSSR count). The lowest BCUT2D eigenvalue weighted by Crippen LogP contribution is -2.48. The Hall–Kier alpha value is -4.43. The first-order chi connectivity index (χ1) is 19.4. The highest BCUT2D eigenvalue weighted by molar-refractivity contribution is 5.75. The minimum absolute atomic E-state index is 0.157. The Morgan fingerprint density at radius 2 is 1.32 bits per heavy atom. The third kappa shape index (κ3) is 4.64. The van der Waals surface area contributed by atoms with E-state index in [1.165, 1.54) is 32.9 Å². The number of hydrogen-bond donors (Lipinski definition) is 0. The Morgan fingerprint density at radius 3 is 1.90 bits per heavy atom. The molecule has 8 nitrogen and oxygen atoms in total. The molecule has 0 N–H and O–H groups in total. The molecule has 1 aliphatic rings. The normalized spacial score (nSPS) is 14.3. The van der Waals surface area contributed by atoms with Gasteiger partial charge in [-0.3, -0.25) is 23.4 Å². The first kappa shape index (κ1) is 25.8. The molecule has 0 atom stereocenters. The van der Waals surface area contributed by atoms with Gasteiger partial charge in [0.25, 0.3) is 5.56 Å². The van der Waals surface area contributed by atoms with E-state index in [0.717, 1.165) is 37.7 Å². The van der Waals surface area contributed by atoms with E-state index >= 15 is 0 Å². The Bertz CT molecular complexity index is 1710. The molecule has 204 valence electrons. The molecule has 1 saturated heterocycles. The van der Waals surface area contributed by atoms with Gasteiger partial charge in [0.1, 0.15) is 0 Å². The number of hydrogen-bond acceptors (Lipinski definition) is 5. The summed E-state index contributed by atoms with van der Waals surface area (Å²) in [6, 6.07) is 29.8. The van der Waals surface area contributed by atoms with Crippen LogP contribution in [0.15, 0.2) is 94.5 Å². The van der Waals surface area contributed by atoms with Crippen molar-refractivity contribution in [1.82, 2.24) is 23.6 Å². The van der Waals surface area contributed by atoms with Crippen molar-refractivity contribution in [3.05, 3.63) is 128 Å². The number of benzene rings is 3. The Labute approximate surface area is 233 Å². The maximum atomic E-state index is 13.4. The van der Waals surface area contributed by atoms with Crippen molar-refractivity contribution in [1.29, 1.82) is 0 Å². The van der Waals surface area contributed by atoms with Crippen LogP contribution in [-0.4, -0.2) is 49.8 Å². The van der Waals surface area contributed by atoms with Gasteiger partial charge in [0.05, 0.1) is 12.6 Å². The van der Waals surface area contributed by atoms with E-state index in [2.05, 4.69) is 102 Å². The minimum Gasteiger partial charge on any atom is -0.340 e. The fraction of sp³-hybridized carbons (Fsp3) is 0.281. The molecule has 0 aliphatic carbocycles. The van der Waals surface area contributed by atoms with E-state index in [1.807, 2.05) is 4.57 Å². The first-order valence-electron chi connectivity index (χ1n) is 13.7. The number of imidazole rings is 1. The fourth-order valence-electron chi connectivity index (χ4n) is 5.77. The van der Waals surface area contributed by atoms with Gasteiger partial charge in [-0.15, -0.1) is 0 Å². The van der Waals surface area contributed by atoms with Crippen molar-refractivity contribution in [2.75, 3.05) is 31.1 Å². The lowest BCUT2D eigenvalue weighted by atomic mass is 9.96. The van der Waals surface area contributed by atoms with Crippen LogP contribution in [-0.2, 0) is 20.6 Å². The monoisotopic (exact) mass is 534 g/mol. The standard InChI is InChI=1S/C32H34N6O2/c1-23-14-16-24(17-15-23)22-38-28-29(34(2)32(40)35(3)30(28)39)33-31(38)37-20-18-36(19-21-37)27(25-10-6-4-7-11-25)26-12-8-5-9-13-26/h4-17,27H,18-22H2,1-3H3. The summed E-state index contributed by atoms with van der Waals surface area (Å²) >= 11 is 0. The number of aromatic nitrogens is 4. The lowest BCUT2D eigenvalue weighted by Gasteiger charge is -2.40. The summed E-state index contributed by atoms with van der Waals surface area (Å²) < 4.78 is 4.63. The summed E-state index contributed by atoms with van der Waals surface area (Å²) in [4.78, 5) is 35.8. The van der Waals surface area contributed by atoms with Crippen molar-refractivity contribution in [2.24, 2.45) is 14.1 Å². The van der Waals surface area contributed by atoms with Crippen molar-refractivity contribution in [3.8, 4) is 0 Å². The second-order valence-electron chi connectivity index (χ2n) is 10.6. The third-order valence-electron chi connectivity index (χ3n) is 7.98. The van der Waals surface area contributed by atoms with Crippen LogP contribution in [0.3, 0.4) is 0 Å². The van der Waals surface area contributed by atoms with Crippen molar-refractivity contribution in [2.45, 2.75) is 19.5 Å². The van der Waals surface area contributed by atoms with Gasteiger partial charge in [0.2, 0.25) is 5.95 Å². The summed E-state index contributed by atoms with van der Waals surface area (Å²) in [7, 11) is 3.21. The molecule has 0 unspecified atom stereocenters. The van der Waals surface area contributed by atoms with Crippen LogP contribution in [0.1, 0.15) is 28.3 Å². The van der Waals surface area contributed by atoms with Gasteiger partial charge in [0.15, 0.2) is 11.2 Å². The van der Waals surface area contributed by atoms with Crippen molar-refractivity contribution in [3.63, 3.8) is 0 Å². The molecular weight excluding hydrogens is 500 g/mol. The molecule has 2 aromatic heterocycles. The number of anilines is 1. The maximum Gasteiger partial charge on any atom is 0.332 e. The SMILES string of the molecule is Cc1ccc(Cn2c(N3CCN(C(c4ccccc4)c4ccccc4)CC3)nc3c2c(=O)n(C)c(=O)n3C)cc1. The number of piperazine rings is 1. The van der Waals surface area contributed by atoms with E-state index < -0.39 is 0 Å². The van der Waals surface area contributed by atoms with Crippen LogP contribution in [0, 0.1) is 6.92 Å². The molecule has 0 spiro atoms. The quantitative estimate of drug-likeness (QED) is 0.332. The van der Waals surface area contributed by atoms with Crippen molar-refractivity contribution < 1.29 is 0 Å². The zero-order chi connectivity index (χ0) is 27.8. The van der Waals surface area contributed by atoms with Gasteiger partial charge in [0, 0.05) is 40.3 Å². The van der Waals surface area contributed by atoms with Gasteiger partial charge in [-0.05, 0) is 23.6 Å². The predicted molar refractivity (Wildman–Crippen MR) is 159 cm³/mol. The molecule has 0 amide bonds. The van der Waals surface area contributed by atoms with Crippen LogP contribution in [0.4, 0.5) is 5.95 Å². The highest BCUT2D eigenvalue weighted by atomic mass is 16.2. The smallest absolute Gasteiger partial charge is 0.332 e. The van der Waals surface area contributed by atoms with Gasteiger partial charge in [-0.25, -0.2) is 4.79 Å². The zero-order valence-electron chi connectivity index (χ0n) is 23.2. The van der Waals surface area contributed by atoms with E-state index in [0.29, 0.717) is 17.7 Å². The largest absolute Gasteiger partial charge is 0.340 e. The molecule has 5 aromatic rings. The Balaban J connectivity index is 1.37. The van der Waals surface area contributed by atoms with E-state index in [4.69, 9.17) is 4.98 Å². The maximum absolute atomic E-state index is 13.4.